The number of hydrogen-bond acceptors (Lipinski definition) is 5. The van der Waals surface area contributed by atoms with Crippen LogP contribution in [0, 0.1) is 0 Å². The minimum absolute atomic E-state index is 0.0681. The summed E-state index contributed by atoms with van der Waals surface area (Å²) in [4.78, 5) is 0. The molecule has 0 saturated carbocycles. The molecule has 0 fully saturated rings. The molecule has 6 heteroatoms. The van der Waals surface area contributed by atoms with Gasteiger partial charge in [-0.25, -0.2) is 4.68 Å². The molecular weight excluding hydrogens is 284 g/mol. The number of fused-ring (bicyclic) bond motifs is 1. The maximum Gasteiger partial charge on any atom is 0.212 e. The van der Waals surface area contributed by atoms with Crippen LogP contribution in [0.2, 0.25) is 0 Å². The highest BCUT2D eigenvalue weighted by molar-refractivity contribution is 7.99. The van der Waals surface area contributed by atoms with Gasteiger partial charge in [0.05, 0.1) is 0 Å². The summed E-state index contributed by atoms with van der Waals surface area (Å²) in [5.74, 6) is 1.07. The molecule has 2 heterocycles. The molecule has 0 bridgehead atoms. The summed E-state index contributed by atoms with van der Waals surface area (Å²) in [7, 11) is 0. The van der Waals surface area contributed by atoms with E-state index >= 15 is 0 Å². The summed E-state index contributed by atoms with van der Waals surface area (Å²) in [5.41, 5.74) is 5.50. The van der Waals surface area contributed by atoms with Gasteiger partial charge in [-0.2, -0.15) is 0 Å². The third-order valence-corrected chi connectivity index (χ3v) is 4.42. The van der Waals surface area contributed by atoms with Crippen LogP contribution in [0.3, 0.4) is 0 Å². The summed E-state index contributed by atoms with van der Waals surface area (Å²) < 4.78 is 1.91. The first-order valence-corrected chi connectivity index (χ1v) is 7.42. The zero-order chi connectivity index (χ0) is 14.2. The number of benzene rings is 2. The predicted octanol–water partition coefficient (Wildman–Crippen LogP) is 3.00. The van der Waals surface area contributed by atoms with Crippen LogP contribution < -0.4 is 5.43 Å². The second-order valence-corrected chi connectivity index (χ2v) is 5.80. The summed E-state index contributed by atoms with van der Waals surface area (Å²) in [5, 5.41) is 18.7. The van der Waals surface area contributed by atoms with Crippen molar-refractivity contribution in [3.63, 3.8) is 0 Å². The van der Waals surface area contributed by atoms with Crippen LogP contribution in [-0.4, -0.2) is 20.0 Å². The molecule has 2 N–H and O–H groups in total. The number of thioether (sulfide) groups is 1. The van der Waals surface area contributed by atoms with E-state index in [1.807, 2.05) is 47.1 Å². The SMILES string of the molecule is Oc1ccc(C2Nn3c(nnc3-c3ccccc3)S2)cc1. The van der Waals surface area contributed by atoms with Crippen LogP contribution in [0.5, 0.6) is 5.75 Å². The average Bonchev–Trinajstić information content (AvgIpc) is 3.09. The van der Waals surface area contributed by atoms with E-state index in [0.29, 0.717) is 0 Å². The largest absolute Gasteiger partial charge is 0.508 e. The average molecular weight is 296 g/mol. The van der Waals surface area contributed by atoms with Crippen molar-refractivity contribution >= 4 is 11.8 Å². The number of rotatable bonds is 2. The van der Waals surface area contributed by atoms with E-state index in [2.05, 4.69) is 15.6 Å². The molecule has 0 radical (unpaired) electrons. The van der Waals surface area contributed by atoms with Crippen molar-refractivity contribution in [3.05, 3.63) is 60.2 Å². The molecule has 21 heavy (non-hydrogen) atoms. The second-order valence-electron chi connectivity index (χ2n) is 4.73. The van der Waals surface area contributed by atoms with Gasteiger partial charge in [-0.05, 0) is 17.7 Å². The number of phenols is 1. The molecule has 3 aromatic rings. The topological polar surface area (TPSA) is 63.0 Å². The third kappa shape index (κ3) is 2.13. The fraction of sp³-hybridized carbons (Fsp3) is 0.0667. The Balaban J connectivity index is 1.66. The van der Waals surface area contributed by atoms with Crippen LogP contribution in [0.1, 0.15) is 10.9 Å². The van der Waals surface area contributed by atoms with E-state index in [1.54, 1.807) is 23.9 Å². The standard InChI is InChI=1S/C15H12N4OS/c20-12-8-6-11(7-9-12)14-18-19-13(16-17-15(19)21-14)10-4-2-1-3-5-10/h1-9,14,18,20H. The molecule has 1 aliphatic heterocycles. The summed E-state index contributed by atoms with van der Waals surface area (Å²) in [6.45, 7) is 0. The Kier molecular flexibility index (Phi) is 2.82. The predicted molar refractivity (Wildman–Crippen MR) is 81.5 cm³/mol. The lowest BCUT2D eigenvalue weighted by molar-refractivity contribution is 0.475. The molecule has 0 saturated heterocycles. The van der Waals surface area contributed by atoms with Gasteiger partial charge >= 0.3 is 0 Å². The van der Waals surface area contributed by atoms with Crippen molar-refractivity contribution in [2.24, 2.45) is 0 Å². The number of hydrogen-bond donors (Lipinski definition) is 2. The van der Waals surface area contributed by atoms with Crippen molar-refractivity contribution in [2.75, 3.05) is 5.43 Å². The molecule has 1 aliphatic rings. The molecule has 104 valence electrons. The highest BCUT2D eigenvalue weighted by atomic mass is 32.2. The Morgan fingerprint density at radius 1 is 1.00 bits per heavy atom. The zero-order valence-corrected chi connectivity index (χ0v) is 11.8. The number of phenolic OH excluding ortho intramolecular Hbond substituents is 1. The van der Waals surface area contributed by atoms with Crippen molar-refractivity contribution in [3.8, 4) is 17.1 Å². The van der Waals surface area contributed by atoms with Gasteiger partial charge in [-0.1, -0.05) is 54.2 Å². The Morgan fingerprint density at radius 3 is 2.52 bits per heavy atom. The van der Waals surface area contributed by atoms with Crippen molar-refractivity contribution in [1.29, 1.82) is 0 Å². The lowest BCUT2D eigenvalue weighted by Gasteiger charge is -2.12. The molecule has 1 atom stereocenters. The lowest BCUT2D eigenvalue weighted by atomic mass is 10.2. The van der Waals surface area contributed by atoms with Gasteiger partial charge in [0, 0.05) is 5.56 Å². The fourth-order valence-corrected chi connectivity index (χ4v) is 3.27. The molecule has 1 unspecified atom stereocenters. The van der Waals surface area contributed by atoms with Crippen LogP contribution >= 0.6 is 11.8 Å². The van der Waals surface area contributed by atoms with Gasteiger partial charge in [-0.3, -0.25) is 0 Å². The van der Waals surface area contributed by atoms with Crippen molar-refractivity contribution in [1.82, 2.24) is 14.9 Å². The van der Waals surface area contributed by atoms with E-state index in [0.717, 1.165) is 22.1 Å². The summed E-state index contributed by atoms with van der Waals surface area (Å²) >= 11 is 1.61. The van der Waals surface area contributed by atoms with E-state index in [-0.39, 0.29) is 11.1 Å². The highest BCUT2D eigenvalue weighted by Gasteiger charge is 2.27. The quantitative estimate of drug-likeness (QED) is 0.761. The van der Waals surface area contributed by atoms with Gasteiger partial charge in [0.2, 0.25) is 5.16 Å². The van der Waals surface area contributed by atoms with Crippen LogP contribution in [0.25, 0.3) is 11.4 Å². The summed E-state index contributed by atoms with van der Waals surface area (Å²) in [6, 6.07) is 17.2. The van der Waals surface area contributed by atoms with Gasteiger partial charge in [0.25, 0.3) is 0 Å². The second kappa shape index (κ2) is 4.82. The minimum Gasteiger partial charge on any atom is -0.508 e. The first-order valence-electron chi connectivity index (χ1n) is 6.54. The Hall–Kier alpha value is -2.47. The van der Waals surface area contributed by atoms with Crippen molar-refractivity contribution < 1.29 is 5.11 Å². The molecular formula is C15H12N4OS. The lowest BCUT2D eigenvalue weighted by Crippen LogP contribution is -2.13. The van der Waals surface area contributed by atoms with Crippen LogP contribution in [-0.2, 0) is 0 Å². The molecule has 2 aromatic carbocycles. The number of nitrogens with zero attached hydrogens (tertiary/aromatic N) is 3. The molecule has 0 amide bonds. The normalized spacial score (nSPS) is 16.5. The number of aromatic hydroxyl groups is 1. The van der Waals surface area contributed by atoms with E-state index < -0.39 is 0 Å². The molecule has 0 aliphatic carbocycles. The van der Waals surface area contributed by atoms with E-state index in [9.17, 15) is 5.11 Å². The molecule has 4 rings (SSSR count). The number of aromatic nitrogens is 3. The monoisotopic (exact) mass is 296 g/mol. The first kappa shape index (κ1) is 12.3. The minimum atomic E-state index is 0.0681. The smallest absolute Gasteiger partial charge is 0.212 e. The Labute approximate surface area is 125 Å². The van der Waals surface area contributed by atoms with Crippen LogP contribution in [0.15, 0.2) is 59.8 Å². The zero-order valence-electron chi connectivity index (χ0n) is 11.0. The van der Waals surface area contributed by atoms with Crippen LogP contribution in [0.4, 0.5) is 0 Å². The maximum absolute atomic E-state index is 9.37. The summed E-state index contributed by atoms with van der Waals surface area (Å²) in [6.07, 6.45) is 0. The molecule has 0 spiro atoms. The fourth-order valence-electron chi connectivity index (χ4n) is 2.28. The molecule has 1 aromatic heterocycles. The first-order chi connectivity index (χ1) is 10.3. The molecule has 5 nitrogen and oxygen atoms in total. The van der Waals surface area contributed by atoms with Gasteiger partial charge < -0.3 is 10.5 Å². The van der Waals surface area contributed by atoms with Crippen molar-refractivity contribution in [2.45, 2.75) is 10.5 Å². The Bertz CT molecular complexity index is 770. The van der Waals surface area contributed by atoms with Gasteiger partial charge in [0.15, 0.2) is 5.82 Å². The van der Waals surface area contributed by atoms with E-state index in [4.69, 9.17) is 0 Å². The maximum atomic E-state index is 9.37. The highest BCUT2D eigenvalue weighted by Crippen LogP contribution is 2.40. The van der Waals surface area contributed by atoms with E-state index in [1.165, 1.54) is 0 Å². The van der Waals surface area contributed by atoms with Gasteiger partial charge in [0.1, 0.15) is 11.1 Å². The third-order valence-electron chi connectivity index (χ3n) is 3.33. The number of nitrogens with one attached hydrogen (secondary N) is 1. The Morgan fingerprint density at radius 2 is 1.76 bits per heavy atom. The van der Waals surface area contributed by atoms with Gasteiger partial charge in [-0.15, -0.1) is 10.2 Å².